The second kappa shape index (κ2) is 7.09. The number of hydrogen-bond acceptors (Lipinski definition) is 4. The molecule has 1 N–H and O–H groups in total. The van der Waals surface area contributed by atoms with Crippen molar-refractivity contribution in [3.8, 4) is 11.3 Å². The van der Waals surface area contributed by atoms with E-state index in [1.54, 1.807) is 37.4 Å². The Hall–Kier alpha value is -3.28. The van der Waals surface area contributed by atoms with Gasteiger partial charge in [-0.3, -0.25) is 9.59 Å². The number of carbonyl (C=O) groups excluding carboxylic acids is 1. The summed E-state index contributed by atoms with van der Waals surface area (Å²) in [5, 5.41) is 7.04. The van der Waals surface area contributed by atoms with Crippen LogP contribution < -0.4 is 10.9 Å². The van der Waals surface area contributed by atoms with Gasteiger partial charge in [-0.15, -0.1) is 0 Å². The summed E-state index contributed by atoms with van der Waals surface area (Å²) in [6, 6.07) is 15.4. The molecule has 0 aliphatic rings. The van der Waals surface area contributed by atoms with Crippen LogP contribution in [0.5, 0.6) is 0 Å². The Labute approximate surface area is 145 Å². The van der Waals surface area contributed by atoms with Crippen LogP contribution in [0, 0.1) is 6.92 Å². The SMILES string of the molecule is Cc1ccc(-c2ccc(=O)n(C(C)C(=O)Nc3ccccn3)n2)cc1. The van der Waals surface area contributed by atoms with Gasteiger partial charge < -0.3 is 5.32 Å². The van der Waals surface area contributed by atoms with Gasteiger partial charge in [-0.2, -0.15) is 5.10 Å². The van der Waals surface area contributed by atoms with E-state index in [9.17, 15) is 9.59 Å². The highest BCUT2D eigenvalue weighted by Gasteiger charge is 2.18. The molecule has 0 spiro atoms. The second-order valence-electron chi connectivity index (χ2n) is 5.75. The smallest absolute Gasteiger partial charge is 0.267 e. The lowest BCUT2D eigenvalue weighted by Gasteiger charge is -2.14. The van der Waals surface area contributed by atoms with Gasteiger partial charge in [0, 0.05) is 17.8 Å². The molecule has 0 bridgehead atoms. The highest BCUT2D eigenvalue weighted by atomic mass is 16.2. The van der Waals surface area contributed by atoms with Gasteiger partial charge >= 0.3 is 0 Å². The Morgan fingerprint density at radius 3 is 2.52 bits per heavy atom. The Morgan fingerprint density at radius 2 is 1.84 bits per heavy atom. The largest absolute Gasteiger partial charge is 0.309 e. The number of anilines is 1. The van der Waals surface area contributed by atoms with Gasteiger partial charge in [0.1, 0.15) is 11.9 Å². The molecule has 0 fully saturated rings. The van der Waals surface area contributed by atoms with Gasteiger partial charge in [0.25, 0.3) is 5.56 Å². The van der Waals surface area contributed by atoms with Crippen LogP contribution in [-0.4, -0.2) is 20.7 Å². The first-order valence-electron chi connectivity index (χ1n) is 7.93. The quantitative estimate of drug-likeness (QED) is 0.796. The summed E-state index contributed by atoms with van der Waals surface area (Å²) in [6.45, 7) is 3.63. The normalized spacial score (nSPS) is 11.8. The summed E-state index contributed by atoms with van der Waals surface area (Å²) in [4.78, 5) is 28.6. The number of benzene rings is 1. The maximum atomic E-state index is 12.4. The first kappa shape index (κ1) is 16.6. The first-order chi connectivity index (χ1) is 12.0. The van der Waals surface area contributed by atoms with E-state index < -0.39 is 6.04 Å². The van der Waals surface area contributed by atoms with Crippen molar-refractivity contribution in [3.05, 3.63) is 76.7 Å². The van der Waals surface area contributed by atoms with Crippen molar-refractivity contribution in [2.75, 3.05) is 5.32 Å². The summed E-state index contributed by atoms with van der Waals surface area (Å²) in [5.41, 5.74) is 2.33. The number of nitrogens with zero attached hydrogens (tertiary/aromatic N) is 3. The molecule has 126 valence electrons. The number of carbonyl (C=O) groups is 1. The maximum absolute atomic E-state index is 12.4. The highest BCUT2D eigenvalue weighted by Crippen LogP contribution is 2.17. The van der Waals surface area contributed by atoms with Gasteiger partial charge in [-0.1, -0.05) is 35.9 Å². The highest BCUT2D eigenvalue weighted by molar-refractivity contribution is 5.92. The molecule has 25 heavy (non-hydrogen) atoms. The van der Waals surface area contributed by atoms with Crippen LogP contribution in [0.1, 0.15) is 18.5 Å². The molecule has 3 rings (SSSR count). The average Bonchev–Trinajstić information content (AvgIpc) is 2.63. The van der Waals surface area contributed by atoms with Crippen LogP contribution >= 0.6 is 0 Å². The minimum atomic E-state index is -0.764. The van der Waals surface area contributed by atoms with Crippen molar-refractivity contribution in [2.45, 2.75) is 19.9 Å². The molecular weight excluding hydrogens is 316 g/mol. The van der Waals surface area contributed by atoms with Crippen LogP contribution in [0.4, 0.5) is 5.82 Å². The average molecular weight is 334 g/mol. The predicted octanol–water partition coefficient (Wildman–Crippen LogP) is 2.81. The molecule has 6 heteroatoms. The number of aromatic nitrogens is 3. The summed E-state index contributed by atoms with van der Waals surface area (Å²) in [6.07, 6.45) is 1.59. The number of hydrogen-bond donors (Lipinski definition) is 1. The standard InChI is InChI=1S/C19H18N4O2/c1-13-6-8-15(9-7-13)16-10-11-18(24)23(22-16)14(2)19(25)21-17-5-3-4-12-20-17/h3-12,14H,1-2H3,(H,20,21,25). The lowest BCUT2D eigenvalue weighted by molar-refractivity contribution is -0.119. The molecule has 6 nitrogen and oxygen atoms in total. The van der Waals surface area contributed by atoms with E-state index >= 15 is 0 Å². The number of aryl methyl sites for hydroxylation is 1. The van der Waals surface area contributed by atoms with Crippen molar-refractivity contribution in [3.63, 3.8) is 0 Å². The minimum absolute atomic E-state index is 0.334. The monoisotopic (exact) mass is 334 g/mol. The van der Waals surface area contributed by atoms with Crippen LogP contribution in [-0.2, 0) is 4.79 Å². The van der Waals surface area contributed by atoms with Gasteiger partial charge in [-0.05, 0) is 32.0 Å². The van der Waals surface area contributed by atoms with Crippen LogP contribution in [0.3, 0.4) is 0 Å². The van der Waals surface area contributed by atoms with Crippen molar-refractivity contribution >= 4 is 11.7 Å². The Balaban J connectivity index is 1.88. The zero-order valence-corrected chi connectivity index (χ0v) is 14.0. The Bertz CT molecular complexity index is 934. The van der Waals surface area contributed by atoms with E-state index in [2.05, 4.69) is 15.4 Å². The van der Waals surface area contributed by atoms with Crippen molar-refractivity contribution in [1.82, 2.24) is 14.8 Å². The van der Waals surface area contributed by atoms with Crippen LogP contribution in [0.2, 0.25) is 0 Å². The Kier molecular flexibility index (Phi) is 4.70. The number of amides is 1. The molecule has 0 saturated carbocycles. The molecule has 1 unspecified atom stereocenters. The fourth-order valence-corrected chi connectivity index (χ4v) is 2.36. The lowest BCUT2D eigenvalue weighted by Crippen LogP contribution is -2.33. The second-order valence-corrected chi connectivity index (χ2v) is 5.75. The molecule has 1 aromatic carbocycles. The topological polar surface area (TPSA) is 76.9 Å². The van der Waals surface area contributed by atoms with Crippen LogP contribution in [0.25, 0.3) is 11.3 Å². The fraction of sp³-hybridized carbons (Fsp3) is 0.158. The predicted molar refractivity (Wildman–Crippen MR) is 96.2 cm³/mol. The molecule has 2 heterocycles. The molecule has 0 aliphatic heterocycles. The summed E-state index contributed by atoms with van der Waals surface area (Å²) >= 11 is 0. The molecule has 1 atom stereocenters. The molecule has 2 aromatic heterocycles. The number of pyridine rings is 1. The lowest BCUT2D eigenvalue weighted by atomic mass is 10.1. The summed E-state index contributed by atoms with van der Waals surface area (Å²) in [7, 11) is 0. The third-order valence-electron chi connectivity index (χ3n) is 3.83. The van der Waals surface area contributed by atoms with Crippen molar-refractivity contribution in [2.24, 2.45) is 0 Å². The molecule has 0 radical (unpaired) electrons. The van der Waals surface area contributed by atoms with E-state index in [4.69, 9.17) is 0 Å². The van der Waals surface area contributed by atoms with Crippen LogP contribution in [0.15, 0.2) is 65.6 Å². The van der Waals surface area contributed by atoms with Crippen molar-refractivity contribution < 1.29 is 4.79 Å². The first-order valence-corrected chi connectivity index (χ1v) is 7.93. The maximum Gasteiger partial charge on any atom is 0.267 e. The van der Waals surface area contributed by atoms with Gasteiger partial charge in [0.05, 0.1) is 5.69 Å². The molecular formula is C19H18N4O2. The van der Waals surface area contributed by atoms with Gasteiger partial charge in [-0.25, -0.2) is 9.67 Å². The van der Waals surface area contributed by atoms with Gasteiger partial charge in [0.2, 0.25) is 5.91 Å². The summed E-state index contributed by atoms with van der Waals surface area (Å²) < 4.78 is 1.19. The zero-order chi connectivity index (χ0) is 17.8. The minimum Gasteiger partial charge on any atom is -0.309 e. The third-order valence-corrected chi connectivity index (χ3v) is 3.83. The molecule has 0 saturated heterocycles. The molecule has 1 amide bonds. The van der Waals surface area contributed by atoms with E-state index in [1.165, 1.54) is 10.7 Å². The van der Waals surface area contributed by atoms with E-state index in [0.29, 0.717) is 11.5 Å². The Morgan fingerprint density at radius 1 is 1.08 bits per heavy atom. The number of nitrogens with one attached hydrogen (secondary N) is 1. The van der Waals surface area contributed by atoms with Crippen molar-refractivity contribution in [1.29, 1.82) is 0 Å². The van der Waals surface area contributed by atoms with E-state index in [-0.39, 0.29) is 11.5 Å². The summed E-state index contributed by atoms with van der Waals surface area (Å²) in [5.74, 6) is 0.0800. The molecule has 3 aromatic rings. The van der Waals surface area contributed by atoms with E-state index in [1.807, 2.05) is 31.2 Å². The number of rotatable bonds is 4. The zero-order valence-electron chi connectivity index (χ0n) is 14.0. The van der Waals surface area contributed by atoms with Gasteiger partial charge in [0.15, 0.2) is 0 Å². The van der Waals surface area contributed by atoms with E-state index in [0.717, 1.165) is 11.1 Å². The fourth-order valence-electron chi connectivity index (χ4n) is 2.36. The third kappa shape index (κ3) is 3.80. The molecule has 0 aliphatic carbocycles.